The second kappa shape index (κ2) is 6.16. The molecule has 5 nitrogen and oxygen atoms in total. The highest BCUT2D eigenvalue weighted by molar-refractivity contribution is 5.71. The van der Waals surface area contributed by atoms with Gasteiger partial charge in [-0.25, -0.2) is 5.53 Å². The van der Waals surface area contributed by atoms with Crippen molar-refractivity contribution in [2.24, 2.45) is 11.0 Å². The van der Waals surface area contributed by atoms with Gasteiger partial charge in [-0.15, -0.1) is 0 Å². The SMILES string of the molecule is COC(=O)CN/C=C(\N=N)C(C)C. The van der Waals surface area contributed by atoms with Gasteiger partial charge in [-0.05, 0) is 5.92 Å². The van der Waals surface area contributed by atoms with E-state index in [1.807, 2.05) is 13.8 Å². The lowest BCUT2D eigenvalue weighted by atomic mass is 10.1. The number of methoxy groups -OCH3 is 1. The normalized spacial score (nSPS) is 11.2. The standard InChI is InChI=1S/C8H15N3O2/c1-6(2)7(11-9)4-10-5-8(12)13-3/h4,6,9-10H,5H2,1-3H3/b7-4-,11-9?. The van der Waals surface area contributed by atoms with E-state index in [0.717, 1.165) is 0 Å². The molecule has 2 N–H and O–H groups in total. The van der Waals surface area contributed by atoms with Crippen molar-refractivity contribution in [2.75, 3.05) is 13.7 Å². The lowest BCUT2D eigenvalue weighted by Gasteiger charge is -2.04. The van der Waals surface area contributed by atoms with Crippen LogP contribution in [0.25, 0.3) is 0 Å². The first-order chi connectivity index (χ1) is 6.11. The van der Waals surface area contributed by atoms with Crippen LogP contribution in [0.1, 0.15) is 13.8 Å². The summed E-state index contributed by atoms with van der Waals surface area (Å²) >= 11 is 0. The van der Waals surface area contributed by atoms with Crippen LogP contribution in [0.3, 0.4) is 0 Å². The first-order valence-corrected chi connectivity index (χ1v) is 3.99. The number of hydrogen-bond acceptors (Lipinski definition) is 5. The Morgan fingerprint density at radius 2 is 2.31 bits per heavy atom. The van der Waals surface area contributed by atoms with Gasteiger partial charge in [0.25, 0.3) is 0 Å². The van der Waals surface area contributed by atoms with Crippen LogP contribution in [0.15, 0.2) is 17.0 Å². The van der Waals surface area contributed by atoms with Crippen molar-refractivity contribution in [3.05, 3.63) is 11.9 Å². The first kappa shape index (κ1) is 11.6. The van der Waals surface area contributed by atoms with Gasteiger partial charge in [0.2, 0.25) is 0 Å². The topological polar surface area (TPSA) is 74.5 Å². The Bertz CT molecular complexity index is 211. The second-order valence-corrected chi connectivity index (χ2v) is 2.79. The summed E-state index contributed by atoms with van der Waals surface area (Å²) in [5.74, 6) is -0.174. The molecule has 0 spiro atoms. The van der Waals surface area contributed by atoms with Gasteiger partial charge in [0.15, 0.2) is 0 Å². The van der Waals surface area contributed by atoms with Gasteiger partial charge in [0.1, 0.15) is 6.54 Å². The lowest BCUT2D eigenvalue weighted by molar-refractivity contribution is -0.139. The van der Waals surface area contributed by atoms with E-state index in [4.69, 9.17) is 5.53 Å². The maximum atomic E-state index is 10.7. The van der Waals surface area contributed by atoms with Crippen LogP contribution in [0, 0.1) is 11.4 Å². The predicted octanol–water partition coefficient (Wildman–Crippen LogP) is 1.28. The van der Waals surface area contributed by atoms with E-state index >= 15 is 0 Å². The molecule has 0 aliphatic heterocycles. The van der Waals surface area contributed by atoms with Gasteiger partial charge in [0.05, 0.1) is 12.8 Å². The van der Waals surface area contributed by atoms with E-state index in [0.29, 0.717) is 5.70 Å². The number of hydrogen-bond donors (Lipinski definition) is 2. The molecule has 0 amide bonds. The fourth-order valence-corrected chi connectivity index (χ4v) is 0.639. The molecular formula is C8H15N3O2. The predicted molar refractivity (Wildman–Crippen MR) is 48.1 cm³/mol. The van der Waals surface area contributed by atoms with Gasteiger partial charge in [-0.2, -0.15) is 5.11 Å². The van der Waals surface area contributed by atoms with E-state index in [1.54, 1.807) is 6.20 Å². The number of nitrogens with zero attached hydrogens (tertiary/aromatic N) is 1. The molecule has 74 valence electrons. The molecule has 0 rings (SSSR count). The highest BCUT2D eigenvalue weighted by Crippen LogP contribution is 2.08. The van der Waals surface area contributed by atoms with E-state index in [9.17, 15) is 4.79 Å². The molecule has 0 aliphatic carbocycles. The smallest absolute Gasteiger partial charge is 0.325 e. The summed E-state index contributed by atoms with van der Waals surface area (Å²) in [6.07, 6.45) is 1.55. The molecule has 0 radical (unpaired) electrons. The second-order valence-electron chi connectivity index (χ2n) is 2.79. The average Bonchev–Trinajstić information content (AvgIpc) is 2.11. The van der Waals surface area contributed by atoms with Crippen LogP contribution in [-0.4, -0.2) is 19.6 Å². The first-order valence-electron chi connectivity index (χ1n) is 3.99. The van der Waals surface area contributed by atoms with Gasteiger partial charge in [-0.1, -0.05) is 13.8 Å². The summed E-state index contributed by atoms with van der Waals surface area (Å²) in [5, 5.41) is 6.02. The van der Waals surface area contributed by atoms with Crippen molar-refractivity contribution in [1.82, 2.24) is 5.32 Å². The Hall–Kier alpha value is -1.39. The molecule has 0 aromatic heterocycles. The van der Waals surface area contributed by atoms with Crippen molar-refractivity contribution in [3.8, 4) is 0 Å². The maximum absolute atomic E-state index is 10.7. The number of carbonyl (C=O) groups excluding carboxylic acids is 1. The third-order valence-corrected chi connectivity index (χ3v) is 1.44. The molecule has 13 heavy (non-hydrogen) atoms. The molecule has 0 saturated carbocycles. The fraction of sp³-hybridized carbons (Fsp3) is 0.625. The minimum Gasteiger partial charge on any atom is -0.468 e. The minimum absolute atomic E-state index is 0.0994. The number of ether oxygens (including phenoxy) is 1. The van der Waals surface area contributed by atoms with E-state index in [-0.39, 0.29) is 18.4 Å². The maximum Gasteiger partial charge on any atom is 0.325 e. The monoisotopic (exact) mass is 185 g/mol. The minimum atomic E-state index is -0.343. The largest absolute Gasteiger partial charge is 0.468 e. The molecule has 0 fully saturated rings. The summed E-state index contributed by atoms with van der Waals surface area (Å²) in [7, 11) is 1.33. The molecule has 5 heteroatoms. The Morgan fingerprint density at radius 1 is 1.69 bits per heavy atom. The quantitative estimate of drug-likeness (QED) is 0.500. The highest BCUT2D eigenvalue weighted by Gasteiger charge is 2.01. The van der Waals surface area contributed by atoms with E-state index in [1.165, 1.54) is 7.11 Å². The zero-order chi connectivity index (χ0) is 10.3. The Kier molecular flexibility index (Phi) is 5.50. The van der Waals surface area contributed by atoms with Gasteiger partial charge >= 0.3 is 5.97 Å². The van der Waals surface area contributed by atoms with Crippen molar-refractivity contribution in [2.45, 2.75) is 13.8 Å². The van der Waals surface area contributed by atoms with Gasteiger partial charge in [-0.3, -0.25) is 4.79 Å². The number of rotatable bonds is 5. The van der Waals surface area contributed by atoms with Crippen molar-refractivity contribution < 1.29 is 9.53 Å². The molecule has 0 bridgehead atoms. The molecule has 0 atom stereocenters. The van der Waals surface area contributed by atoms with E-state index < -0.39 is 0 Å². The Labute approximate surface area is 77.7 Å². The molecule has 0 aromatic rings. The van der Waals surface area contributed by atoms with Crippen LogP contribution < -0.4 is 5.32 Å². The zero-order valence-electron chi connectivity index (χ0n) is 8.13. The Morgan fingerprint density at radius 3 is 2.69 bits per heavy atom. The van der Waals surface area contributed by atoms with Gasteiger partial charge < -0.3 is 10.1 Å². The van der Waals surface area contributed by atoms with Gasteiger partial charge in [0, 0.05) is 6.20 Å². The van der Waals surface area contributed by atoms with Crippen LogP contribution in [-0.2, 0) is 9.53 Å². The molecule has 0 aliphatic rings. The third kappa shape index (κ3) is 4.95. The summed E-state index contributed by atoms with van der Waals surface area (Å²) in [4.78, 5) is 10.7. The lowest BCUT2D eigenvalue weighted by Crippen LogP contribution is -2.19. The van der Waals surface area contributed by atoms with Crippen molar-refractivity contribution in [1.29, 1.82) is 5.53 Å². The number of esters is 1. The summed E-state index contributed by atoms with van der Waals surface area (Å²) in [6, 6.07) is 0. The van der Waals surface area contributed by atoms with Crippen LogP contribution in [0.2, 0.25) is 0 Å². The number of carbonyl (C=O) groups is 1. The number of nitrogens with one attached hydrogen (secondary N) is 2. The summed E-state index contributed by atoms with van der Waals surface area (Å²) < 4.78 is 4.42. The van der Waals surface area contributed by atoms with Crippen LogP contribution in [0.5, 0.6) is 0 Å². The molecular weight excluding hydrogens is 170 g/mol. The third-order valence-electron chi connectivity index (χ3n) is 1.44. The molecule has 0 unspecified atom stereocenters. The van der Waals surface area contributed by atoms with Crippen molar-refractivity contribution >= 4 is 5.97 Å². The van der Waals surface area contributed by atoms with E-state index in [2.05, 4.69) is 15.2 Å². The Balaban J connectivity index is 3.94. The zero-order valence-corrected chi connectivity index (χ0v) is 8.13. The molecule has 0 heterocycles. The number of allylic oxidation sites excluding steroid dienone is 1. The summed E-state index contributed by atoms with van der Waals surface area (Å²) in [6.45, 7) is 3.94. The van der Waals surface area contributed by atoms with Crippen molar-refractivity contribution in [3.63, 3.8) is 0 Å². The molecule has 0 aromatic carbocycles. The van der Waals surface area contributed by atoms with Crippen LogP contribution in [0.4, 0.5) is 0 Å². The highest BCUT2D eigenvalue weighted by atomic mass is 16.5. The molecule has 0 saturated heterocycles. The average molecular weight is 185 g/mol. The fourth-order valence-electron chi connectivity index (χ4n) is 0.639. The van der Waals surface area contributed by atoms with Crippen LogP contribution >= 0.6 is 0 Å². The summed E-state index contributed by atoms with van der Waals surface area (Å²) in [5.41, 5.74) is 7.42.